The molecule has 0 spiro atoms. The number of rotatable bonds is 6. The first-order valence-corrected chi connectivity index (χ1v) is 14.7. The summed E-state index contributed by atoms with van der Waals surface area (Å²) in [6, 6.07) is 24.1. The summed E-state index contributed by atoms with van der Waals surface area (Å²) in [5.74, 6) is 0.646. The monoisotopic (exact) mass is 584 g/mol. The lowest BCUT2D eigenvalue weighted by atomic mass is 9.94. The SMILES string of the molecule is Cc1ccc(/C=C2\CN(C(=S)SCc3cn(Cc4ccccc4Cl)nn3)C/C(=C\c3ccc(C)cc3)C2=O)cc1. The van der Waals surface area contributed by atoms with Crippen LogP contribution < -0.4 is 0 Å². The van der Waals surface area contributed by atoms with Gasteiger partial charge in [0.15, 0.2) is 5.78 Å². The molecule has 5 nitrogen and oxygen atoms in total. The molecule has 1 saturated heterocycles. The smallest absolute Gasteiger partial charge is 0.188 e. The number of hydrogen-bond donors (Lipinski definition) is 0. The number of Topliss-reactive ketones (excluding diaryl/α,β-unsaturated/α-hetero) is 1. The summed E-state index contributed by atoms with van der Waals surface area (Å²) in [6.07, 6.45) is 5.87. The lowest BCUT2D eigenvalue weighted by molar-refractivity contribution is -0.113. The fraction of sp³-hybridized carbons (Fsp3) is 0.188. The van der Waals surface area contributed by atoms with Crippen LogP contribution in [0.3, 0.4) is 0 Å². The van der Waals surface area contributed by atoms with E-state index in [1.807, 2.05) is 66.9 Å². The zero-order chi connectivity index (χ0) is 28.1. The molecule has 40 heavy (non-hydrogen) atoms. The molecule has 1 aliphatic rings. The molecule has 202 valence electrons. The lowest BCUT2D eigenvalue weighted by Crippen LogP contribution is -2.39. The van der Waals surface area contributed by atoms with Crippen molar-refractivity contribution >= 4 is 57.8 Å². The molecule has 0 aliphatic carbocycles. The van der Waals surface area contributed by atoms with Crippen LogP contribution in [0.1, 0.15) is 33.5 Å². The molecule has 0 N–H and O–H groups in total. The molecule has 1 aliphatic heterocycles. The highest BCUT2D eigenvalue weighted by Crippen LogP contribution is 2.26. The van der Waals surface area contributed by atoms with Crippen LogP contribution in [-0.4, -0.2) is 43.1 Å². The van der Waals surface area contributed by atoms with Crippen LogP contribution in [0.5, 0.6) is 0 Å². The Bertz CT molecular complexity index is 1520. The Morgan fingerprint density at radius 2 is 1.50 bits per heavy atom. The number of thioether (sulfide) groups is 1. The third kappa shape index (κ3) is 7.16. The molecule has 3 aromatic carbocycles. The summed E-state index contributed by atoms with van der Waals surface area (Å²) in [6.45, 7) is 5.58. The molecule has 0 radical (unpaired) electrons. The Morgan fingerprint density at radius 1 is 0.925 bits per heavy atom. The Morgan fingerprint density at radius 3 is 2.08 bits per heavy atom. The van der Waals surface area contributed by atoms with Gasteiger partial charge in [-0.25, -0.2) is 4.68 Å². The number of aromatic nitrogens is 3. The number of likely N-dealkylation sites (tertiary alicyclic amines) is 1. The van der Waals surface area contributed by atoms with Gasteiger partial charge in [-0.2, -0.15) is 0 Å². The van der Waals surface area contributed by atoms with Crippen molar-refractivity contribution in [3.63, 3.8) is 0 Å². The van der Waals surface area contributed by atoms with E-state index in [9.17, 15) is 4.79 Å². The quantitative estimate of drug-likeness (QED) is 0.177. The Labute approximate surface area is 249 Å². The Kier molecular flexibility index (Phi) is 8.94. The van der Waals surface area contributed by atoms with Gasteiger partial charge >= 0.3 is 0 Å². The van der Waals surface area contributed by atoms with Crippen LogP contribution in [0.2, 0.25) is 5.02 Å². The van der Waals surface area contributed by atoms with Crippen molar-refractivity contribution in [1.82, 2.24) is 19.9 Å². The number of benzene rings is 3. The second-order valence-electron chi connectivity index (χ2n) is 9.90. The molecule has 1 aromatic heterocycles. The van der Waals surface area contributed by atoms with Crippen molar-refractivity contribution in [2.75, 3.05) is 13.1 Å². The predicted molar refractivity (Wildman–Crippen MR) is 169 cm³/mol. The number of aryl methyl sites for hydroxylation is 2. The van der Waals surface area contributed by atoms with Gasteiger partial charge in [-0.05, 0) is 48.8 Å². The second-order valence-corrected chi connectivity index (χ2v) is 11.9. The molecule has 1 fully saturated rings. The van der Waals surface area contributed by atoms with E-state index in [-0.39, 0.29) is 5.78 Å². The molecule has 0 atom stereocenters. The standard InChI is InChI=1S/C32H29ClN4OS2/c1-22-7-11-24(12-8-22)15-27-17-36(18-28(31(27)38)16-25-13-9-23(2)10-14-25)32(39)40-21-29-20-37(35-34-29)19-26-5-3-4-6-30(26)33/h3-16,20H,17-19,21H2,1-2H3/b27-15+,28-16+. The van der Waals surface area contributed by atoms with Crippen LogP contribution in [0.15, 0.2) is 90.1 Å². The van der Waals surface area contributed by atoms with Gasteiger partial charge in [0, 0.05) is 41.2 Å². The molecule has 0 amide bonds. The number of carbonyl (C=O) groups excluding carboxylic acids is 1. The highest BCUT2D eigenvalue weighted by atomic mass is 35.5. The average Bonchev–Trinajstić information content (AvgIpc) is 3.40. The van der Waals surface area contributed by atoms with Crippen LogP contribution in [0, 0.1) is 13.8 Å². The van der Waals surface area contributed by atoms with Gasteiger partial charge in [-0.1, -0.05) is 119 Å². The van der Waals surface area contributed by atoms with Crippen LogP contribution >= 0.6 is 35.6 Å². The lowest BCUT2D eigenvalue weighted by Gasteiger charge is -2.31. The van der Waals surface area contributed by atoms with Gasteiger partial charge in [-0.15, -0.1) is 5.10 Å². The van der Waals surface area contributed by atoms with E-state index in [4.69, 9.17) is 23.8 Å². The number of carbonyl (C=O) groups is 1. The summed E-state index contributed by atoms with van der Waals surface area (Å²) in [5.41, 5.74) is 7.63. The summed E-state index contributed by atoms with van der Waals surface area (Å²) in [7, 11) is 0. The molecule has 0 unspecified atom stereocenters. The molecule has 0 saturated carbocycles. The van der Waals surface area contributed by atoms with Crippen LogP contribution in [0.25, 0.3) is 12.2 Å². The van der Waals surface area contributed by atoms with Gasteiger partial charge in [0.1, 0.15) is 4.32 Å². The topological polar surface area (TPSA) is 51.0 Å². The van der Waals surface area contributed by atoms with Crippen LogP contribution in [0.4, 0.5) is 0 Å². The first-order chi connectivity index (χ1) is 19.3. The van der Waals surface area contributed by atoms with Crippen molar-refractivity contribution in [2.45, 2.75) is 26.1 Å². The Hall–Kier alpha value is -3.52. The number of ketones is 1. The van der Waals surface area contributed by atoms with Gasteiger partial charge in [-0.3, -0.25) is 4.79 Å². The van der Waals surface area contributed by atoms with E-state index in [2.05, 4.69) is 53.3 Å². The molecule has 8 heteroatoms. The third-order valence-electron chi connectivity index (χ3n) is 6.62. The summed E-state index contributed by atoms with van der Waals surface area (Å²) < 4.78 is 2.50. The zero-order valence-corrected chi connectivity index (χ0v) is 24.8. The van der Waals surface area contributed by atoms with E-state index >= 15 is 0 Å². The number of thiocarbonyl (C=S) groups is 1. The van der Waals surface area contributed by atoms with E-state index in [0.29, 0.717) is 30.4 Å². The van der Waals surface area contributed by atoms with Crippen molar-refractivity contribution in [1.29, 1.82) is 0 Å². The maximum atomic E-state index is 13.5. The van der Waals surface area contributed by atoms with Crippen molar-refractivity contribution in [2.24, 2.45) is 0 Å². The van der Waals surface area contributed by atoms with E-state index in [1.54, 1.807) is 4.68 Å². The van der Waals surface area contributed by atoms with Crippen molar-refractivity contribution in [3.05, 3.63) is 129 Å². The van der Waals surface area contributed by atoms with Gasteiger partial charge in [0.05, 0.1) is 12.2 Å². The minimum absolute atomic E-state index is 0.0627. The predicted octanol–water partition coefficient (Wildman–Crippen LogP) is 7.17. The number of halogens is 1. The van der Waals surface area contributed by atoms with Crippen molar-refractivity contribution < 1.29 is 4.79 Å². The number of nitrogens with zero attached hydrogens (tertiary/aromatic N) is 4. The third-order valence-corrected chi connectivity index (χ3v) is 8.55. The van der Waals surface area contributed by atoms with E-state index in [0.717, 1.165) is 37.9 Å². The first-order valence-electron chi connectivity index (χ1n) is 13.0. The van der Waals surface area contributed by atoms with Crippen molar-refractivity contribution in [3.8, 4) is 0 Å². The first kappa shape index (κ1) is 28.0. The van der Waals surface area contributed by atoms with Gasteiger partial charge < -0.3 is 4.90 Å². The van der Waals surface area contributed by atoms with Gasteiger partial charge in [0.25, 0.3) is 0 Å². The fourth-order valence-electron chi connectivity index (χ4n) is 4.41. The normalized spacial score (nSPS) is 15.7. The highest BCUT2D eigenvalue weighted by Gasteiger charge is 2.28. The molecule has 5 rings (SSSR count). The summed E-state index contributed by atoms with van der Waals surface area (Å²) in [5, 5.41) is 9.29. The molecule has 4 aromatic rings. The second kappa shape index (κ2) is 12.8. The molecular formula is C32H29ClN4OS2. The maximum Gasteiger partial charge on any atom is 0.188 e. The van der Waals surface area contributed by atoms with E-state index in [1.165, 1.54) is 22.9 Å². The molecule has 0 bridgehead atoms. The number of piperidine rings is 1. The maximum absolute atomic E-state index is 13.5. The zero-order valence-electron chi connectivity index (χ0n) is 22.4. The average molecular weight is 585 g/mol. The molecular weight excluding hydrogens is 556 g/mol. The number of hydrogen-bond acceptors (Lipinski definition) is 5. The fourth-order valence-corrected chi connectivity index (χ4v) is 5.62. The largest absolute Gasteiger partial charge is 0.349 e. The molecule has 2 heterocycles. The van der Waals surface area contributed by atoms with Gasteiger partial charge in [0.2, 0.25) is 0 Å². The van der Waals surface area contributed by atoms with Crippen LogP contribution in [-0.2, 0) is 17.1 Å². The minimum atomic E-state index is 0.0627. The summed E-state index contributed by atoms with van der Waals surface area (Å²) >= 11 is 13.7. The van der Waals surface area contributed by atoms with E-state index < -0.39 is 0 Å². The highest BCUT2D eigenvalue weighted by molar-refractivity contribution is 8.22. The summed E-state index contributed by atoms with van der Waals surface area (Å²) in [4.78, 5) is 15.6. The minimum Gasteiger partial charge on any atom is -0.349 e. The Balaban J connectivity index is 1.32.